The van der Waals surface area contributed by atoms with Crippen LogP contribution in [-0.2, 0) is 9.59 Å². The standard InChI is InChI=1S/C17H31NO5/c1-2-3-4-5-6-7-12-18(15-19,13-8-10-16(20)21)14-9-11-17(22)23/h6-7,19H,2-5,8-15H2,1H3,(H-,20,21,22,23)/p+1/b7-6+. The lowest BCUT2D eigenvalue weighted by atomic mass is 10.2. The van der Waals surface area contributed by atoms with Gasteiger partial charge < -0.3 is 15.3 Å². The van der Waals surface area contributed by atoms with Gasteiger partial charge in [-0.3, -0.25) is 14.1 Å². The van der Waals surface area contributed by atoms with Gasteiger partial charge in [0.15, 0.2) is 6.73 Å². The summed E-state index contributed by atoms with van der Waals surface area (Å²) in [6, 6.07) is 0. The van der Waals surface area contributed by atoms with Crippen molar-refractivity contribution >= 4 is 11.9 Å². The summed E-state index contributed by atoms with van der Waals surface area (Å²) < 4.78 is 0.338. The van der Waals surface area contributed by atoms with E-state index >= 15 is 0 Å². The molecular weight excluding hydrogens is 298 g/mol. The van der Waals surface area contributed by atoms with Crippen molar-refractivity contribution in [3.8, 4) is 0 Å². The van der Waals surface area contributed by atoms with Gasteiger partial charge in [0.1, 0.15) is 0 Å². The third-order valence-electron chi connectivity index (χ3n) is 3.98. The van der Waals surface area contributed by atoms with Gasteiger partial charge in [-0.05, 0) is 18.9 Å². The van der Waals surface area contributed by atoms with Crippen LogP contribution in [0.4, 0.5) is 0 Å². The van der Waals surface area contributed by atoms with Crippen LogP contribution in [0.15, 0.2) is 12.2 Å². The first-order valence-electron chi connectivity index (χ1n) is 8.50. The predicted molar refractivity (Wildman–Crippen MR) is 89.0 cm³/mol. The summed E-state index contributed by atoms with van der Waals surface area (Å²) in [4.78, 5) is 21.4. The minimum atomic E-state index is -0.846. The van der Waals surface area contributed by atoms with E-state index in [9.17, 15) is 14.7 Å². The van der Waals surface area contributed by atoms with Crippen LogP contribution >= 0.6 is 0 Å². The Balaban J connectivity index is 4.52. The molecule has 0 saturated carbocycles. The molecule has 0 atom stereocenters. The number of carboxylic acids is 2. The van der Waals surface area contributed by atoms with E-state index in [-0.39, 0.29) is 19.6 Å². The van der Waals surface area contributed by atoms with Crippen molar-refractivity contribution in [1.82, 2.24) is 0 Å². The van der Waals surface area contributed by atoms with E-state index in [4.69, 9.17) is 10.2 Å². The summed E-state index contributed by atoms with van der Waals surface area (Å²) in [5.74, 6) is -1.69. The highest BCUT2D eigenvalue weighted by molar-refractivity contribution is 5.66. The van der Waals surface area contributed by atoms with Crippen molar-refractivity contribution in [2.24, 2.45) is 0 Å². The summed E-state index contributed by atoms with van der Waals surface area (Å²) in [6.07, 6.45) is 9.75. The minimum absolute atomic E-state index is 0.0686. The Bertz CT molecular complexity index is 348. The first kappa shape index (κ1) is 21.6. The fourth-order valence-electron chi connectivity index (χ4n) is 2.55. The quantitative estimate of drug-likeness (QED) is 0.186. The molecule has 0 saturated heterocycles. The number of unbranched alkanes of at least 4 members (excludes halogenated alkanes) is 3. The fourth-order valence-corrected chi connectivity index (χ4v) is 2.55. The second-order valence-electron chi connectivity index (χ2n) is 6.07. The zero-order valence-electron chi connectivity index (χ0n) is 14.2. The summed E-state index contributed by atoms with van der Waals surface area (Å²) in [6.45, 7) is 3.76. The molecular formula is C17H32NO5+. The van der Waals surface area contributed by atoms with E-state index in [1.807, 2.05) is 6.08 Å². The van der Waals surface area contributed by atoms with Crippen molar-refractivity contribution in [3.05, 3.63) is 12.2 Å². The van der Waals surface area contributed by atoms with Crippen molar-refractivity contribution in [1.29, 1.82) is 0 Å². The zero-order valence-corrected chi connectivity index (χ0v) is 14.2. The van der Waals surface area contributed by atoms with Crippen LogP contribution in [0.3, 0.4) is 0 Å². The lowest BCUT2D eigenvalue weighted by Gasteiger charge is -2.35. The van der Waals surface area contributed by atoms with E-state index in [1.54, 1.807) is 0 Å². The molecule has 23 heavy (non-hydrogen) atoms. The Hall–Kier alpha value is -1.40. The third-order valence-corrected chi connectivity index (χ3v) is 3.98. The van der Waals surface area contributed by atoms with Crippen LogP contribution in [0.5, 0.6) is 0 Å². The number of nitrogens with zero attached hydrogens (tertiary/aromatic N) is 1. The smallest absolute Gasteiger partial charge is 0.303 e. The van der Waals surface area contributed by atoms with Crippen LogP contribution in [0.1, 0.15) is 58.3 Å². The molecule has 0 unspecified atom stereocenters. The van der Waals surface area contributed by atoms with Gasteiger partial charge in [-0.25, -0.2) is 0 Å². The first-order chi connectivity index (χ1) is 11.0. The van der Waals surface area contributed by atoms with Gasteiger partial charge >= 0.3 is 11.9 Å². The molecule has 0 aromatic heterocycles. The Morgan fingerprint density at radius 2 is 1.48 bits per heavy atom. The lowest BCUT2D eigenvalue weighted by molar-refractivity contribution is -0.940. The second kappa shape index (κ2) is 13.1. The molecule has 0 radical (unpaired) electrons. The van der Waals surface area contributed by atoms with Gasteiger partial charge in [0.05, 0.1) is 32.5 Å². The highest BCUT2D eigenvalue weighted by atomic mass is 16.4. The number of hydrogen-bond acceptors (Lipinski definition) is 3. The predicted octanol–water partition coefficient (Wildman–Crippen LogP) is 2.62. The number of allylic oxidation sites excluding steroid dienone is 1. The number of aliphatic hydroxyl groups is 1. The summed E-state index contributed by atoms with van der Waals surface area (Å²) in [7, 11) is 0. The Morgan fingerprint density at radius 1 is 0.913 bits per heavy atom. The Labute approximate surface area is 139 Å². The van der Waals surface area contributed by atoms with Crippen LogP contribution in [0, 0.1) is 0 Å². The van der Waals surface area contributed by atoms with Crippen molar-refractivity contribution in [3.63, 3.8) is 0 Å². The molecule has 0 amide bonds. The van der Waals surface area contributed by atoms with Gasteiger partial charge in [0.25, 0.3) is 0 Å². The maximum Gasteiger partial charge on any atom is 0.303 e. The van der Waals surface area contributed by atoms with Gasteiger partial charge in [-0.1, -0.05) is 25.8 Å². The zero-order chi connectivity index (χ0) is 17.6. The summed E-state index contributed by atoms with van der Waals surface area (Å²) >= 11 is 0. The molecule has 0 rings (SSSR count). The van der Waals surface area contributed by atoms with Crippen molar-refractivity contribution in [2.75, 3.05) is 26.4 Å². The minimum Gasteiger partial charge on any atom is -0.481 e. The molecule has 0 aliphatic heterocycles. The Morgan fingerprint density at radius 3 is 1.91 bits per heavy atom. The molecule has 0 heterocycles. The average Bonchev–Trinajstić information content (AvgIpc) is 2.49. The number of aliphatic hydroxyl groups excluding tert-OH is 1. The van der Waals surface area contributed by atoms with Crippen molar-refractivity contribution < 1.29 is 29.4 Å². The van der Waals surface area contributed by atoms with Crippen molar-refractivity contribution in [2.45, 2.75) is 58.3 Å². The van der Waals surface area contributed by atoms with Gasteiger partial charge in [-0.2, -0.15) is 0 Å². The van der Waals surface area contributed by atoms with E-state index in [0.717, 1.165) is 12.8 Å². The van der Waals surface area contributed by atoms with E-state index < -0.39 is 11.9 Å². The molecule has 0 aromatic carbocycles. The van der Waals surface area contributed by atoms with Gasteiger partial charge in [0, 0.05) is 12.8 Å². The van der Waals surface area contributed by atoms with Crippen LogP contribution < -0.4 is 0 Å². The average molecular weight is 330 g/mol. The molecule has 6 heteroatoms. The van der Waals surface area contributed by atoms with Crippen LogP contribution in [0.2, 0.25) is 0 Å². The molecule has 0 spiro atoms. The molecule has 0 bridgehead atoms. The third kappa shape index (κ3) is 11.8. The molecule has 3 N–H and O–H groups in total. The maximum atomic E-state index is 10.7. The van der Waals surface area contributed by atoms with Gasteiger partial charge in [0.2, 0.25) is 0 Å². The topological polar surface area (TPSA) is 94.8 Å². The molecule has 6 nitrogen and oxygen atoms in total. The summed E-state index contributed by atoms with van der Waals surface area (Å²) in [5.41, 5.74) is 0. The highest BCUT2D eigenvalue weighted by Gasteiger charge is 2.25. The number of quaternary nitrogens is 1. The number of aliphatic carboxylic acids is 2. The highest BCUT2D eigenvalue weighted by Crippen LogP contribution is 2.12. The second-order valence-corrected chi connectivity index (χ2v) is 6.07. The molecule has 0 aromatic rings. The van der Waals surface area contributed by atoms with E-state index in [2.05, 4.69) is 13.0 Å². The Kier molecular flexibility index (Phi) is 12.3. The largest absolute Gasteiger partial charge is 0.481 e. The number of rotatable bonds is 15. The molecule has 0 aliphatic rings. The fraction of sp³-hybridized carbons (Fsp3) is 0.765. The van der Waals surface area contributed by atoms with Crippen LogP contribution in [0.25, 0.3) is 0 Å². The number of hydrogen-bond donors (Lipinski definition) is 3. The van der Waals surface area contributed by atoms with E-state index in [1.165, 1.54) is 12.8 Å². The van der Waals surface area contributed by atoms with Crippen LogP contribution in [-0.4, -0.2) is 58.1 Å². The summed E-state index contributed by atoms with van der Waals surface area (Å²) in [5, 5.41) is 27.3. The first-order valence-corrected chi connectivity index (χ1v) is 8.50. The van der Waals surface area contributed by atoms with Gasteiger partial charge in [-0.15, -0.1) is 0 Å². The lowest BCUT2D eigenvalue weighted by Crippen LogP contribution is -2.50. The maximum absolute atomic E-state index is 10.7. The molecule has 134 valence electrons. The SMILES string of the molecule is CCCCC/C=C/C[N+](CO)(CCCC(=O)O)CCCC(=O)O. The molecule has 0 aliphatic carbocycles. The molecule has 0 fully saturated rings. The number of carboxylic acid groups (broad SMARTS) is 2. The monoisotopic (exact) mass is 330 g/mol. The van der Waals surface area contributed by atoms with E-state index in [0.29, 0.717) is 37.0 Å². The number of carbonyl (C=O) groups is 2. The normalized spacial score (nSPS) is 11.9.